The summed E-state index contributed by atoms with van der Waals surface area (Å²) in [5, 5.41) is 0. The largest absolute Gasteiger partial charge is 0.458 e. The van der Waals surface area contributed by atoms with Crippen LogP contribution in [-0.2, 0) is 9.53 Å². The van der Waals surface area contributed by atoms with Gasteiger partial charge in [0.05, 0.1) is 20.1 Å². The molecule has 1 rings (SSSR count). The van der Waals surface area contributed by atoms with Gasteiger partial charge in [-0.15, -0.1) is 0 Å². The molecular weight excluding hydrogens is 341 g/mol. The summed E-state index contributed by atoms with van der Waals surface area (Å²) in [4.78, 5) is 13.6. The van der Waals surface area contributed by atoms with Crippen molar-refractivity contribution >= 4 is 28.6 Å². The first-order chi connectivity index (χ1) is 8.04. The molecule has 0 amide bonds. The highest BCUT2D eigenvalue weighted by atomic mass is 127. The second-order valence-corrected chi connectivity index (χ2v) is 9.45. The quantitative estimate of drug-likeness (QED) is 0.467. The van der Waals surface area contributed by atoms with Gasteiger partial charge in [0, 0.05) is 18.3 Å². The molecule has 0 spiro atoms. The summed E-state index contributed by atoms with van der Waals surface area (Å²) in [7, 11) is 2.24. The molecular formula is C14H27INO2+. The molecule has 3 unspecified atom stereocenters. The summed E-state index contributed by atoms with van der Waals surface area (Å²) in [6.07, 6.45) is 1.13. The van der Waals surface area contributed by atoms with Crippen molar-refractivity contribution in [1.82, 2.24) is 0 Å². The number of carbonyl (C=O) groups is 1. The monoisotopic (exact) mass is 368 g/mol. The zero-order valence-corrected chi connectivity index (χ0v) is 14.6. The Balaban J connectivity index is 2.71. The van der Waals surface area contributed by atoms with Crippen LogP contribution in [-0.4, -0.2) is 35.1 Å². The maximum Gasteiger partial charge on any atom is 0.321 e. The van der Waals surface area contributed by atoms with Crippen LogP contribution in [0.5, 0.6) is 0 Å². The number of likely N-dealkylation sites (tertiary alicyclic amines) is 1. The molecule has 1 aliphatic heterocycles. The number of carbonyl (C=O) groups excluding carboxylic acids is 1. The highest BCUT2D eigenvalue weighted by molar-refractivity contribution is 14.1. The summed E-state index contributed by atoms with van der Waals surface area (Å²) in [6.45, 7) is 12.5. The van der Waals surface area contributed by atoms with E-state index in [9.17, 15) is 4.79 Å². The molecule has 106 valence electrons. The van der Waals surface area contributed by atoms with Crippen molar-refractivity contribution in [2.45, 2.75) is 50.1 Å². The molecule has 0 aromatic heterocycles. The first kappa shape index (κ1) is 16.2. The Morgan fingerprint density at radius 3 is 2.33 bits per heavy atom. The van der Waals surface area contributed by atoms with Gasteiger partial charge < -0.3 is 9.64 Å². The molecule has 0 aliphatic carbocycles. The maximum atomic E-state index is 12.1. The van der Waals surface area contributed by atoms with Crippen molar-refractivity contribution < 1.29 is 14.4 Å². The first-order valence-corrected chi connectivity index (χ1v) is 7.85. The predicted octanol–water partition coefficient (Wildman–Crippen LogP) is 1.69. The number of nitrogens with one attached hydrogen (secondary N) is 1. The summed E-state index contributed by atoms with van der Waals surface area (Å²) >= 11 is 2.14. The predicted molar refractivity (Wildman–Crippen MR) is 82.2 cm³/mol. The lowest BCUT2D eigenvalue weighted by Crippen LogP contribution is -3.11. The van der Waals surface area contributed by atoms with Crippen molar-refractivity contribution in [3.8, 4) is 0 Å². The Kier molecular flexibility index (Phi) is 5.09. The van der Waals surface area contributed by atoms with Crippen molar-refractivity contribution in [2.24, 2.45) is 11.8 Å². The number of ether oxygens (including phenoxy) is 1. The van der Waals surface area contributed by atoms with Crippen LogP contribution in [0.3, 0.4) is 0 Å². The molecule has 0 aromatic rings. The average molecular weight is 368 g/mol. The molecule has 1 heterocycles. The van der Waals surface area contributed by atoms with Crippen LogP contribution in [0, 0.1) is 11.8 Å². The van der Waals surface area contributed by atoms with Gasteiger partial charge in [-0.25, -0.2) is 0 Å². The number of rotatable bonds is 3. The van der Waals surface area contributed by atoms with Crippen LogP contribution in [0.2, 0.25) is 0 Å². The van der Waals surface area contributed by atoms with Gasteiger partial charge in [-0.3, -0.25) is 4.79 Å². The van der Waals surface area contributed by atoms with Gasteiger partial charge in [-0.05, 0) is 27.7 Å². The van der Waals surface area contributed by atoms with Gasteiger partial charge >= 0.3 is 5.97 Å². The summed E-state index contributed by atoms with van der Waals surface area (Å²) in [5.41, 5.74) is -0.361. The normalized spacial score (nSPS) is 30.1. The molecule has 0 bridgehead atoms. The number of esters is 1. The van der Waals surface area contributed by atoms with Crippen molar-refractivity contribution in [2.75, 3.05) is 20.1 Å². The molecule has 1 N–H and O–H groups in total. The van der Waals surface area contributed by atoms with Crippen LogP contribution < -0.4 is 4.90 Å². The molecule has 1 fully saturated rings. The lowest BCUT2D eigenvalue weighted by Gasteiger charge is -2.42. The second-order valence-electron chi connectivity index (χ2n) is 6.75. The van der Waals surface area contributed by atoms with Crippen molar-refractivity contribution in [3.05, 3.63) is 0 Å². The number of hydrogen-bond acceptors (Lipinski definition) is 2. The van der Waals surface area contributed by atoms with Gasteiger partial charge in [0.1, 0.15) is 9.02 Å². The van der Waals surface area contributed by atoms with Crippen molar-refractivity contribution in [1.29, 1.82) is 0 Å². The Morgan fingerprint density at radius 1 is 1.33 bits per heavy atom. The summed E-state index contributed by atoms with van der Waals surface area (Å²) < 4.78 is 5.34. The zero-order valence-electron chi connectivity index (χ0n) is 12.5. The van der Waals surface area contributed by atoms with Crippen LogP contribution in [0.4, 0.5) is 0 Å². The fourth-order valence-corrected chi connectivity index (χ4v) is 3.06. The molecule has 18 heavy (non-hydrogen) atoms. The third-order valence-electron chi connectivity index (χ3n) is 3.97. The third-order valence-corrected chi connectivity index (χ3v) is 4.41. The van der Waals surface area contributed by atoms with Gasteiger partial charge in [0.15, 0.2) is 0 Å². The summed E-state index contributed by atoms with van der Waals surface area (Å²) in [5.74, 6) is 0.953. The van der Waals surface area contributed by atoms with Crippen LogP contribution in [0.15, 0.2) is 0 Å². The molecule has 3 atom stereocenters. The van der Waals surface area contributed by atoms with Gasteiger partial charge in [-0.1, -0.05) is 29.5 Å². The van der Waals surface area contributed by atoms with E-state index in [4.69, 9.17) is 4.74 Å². The van der Waals surface area contributed by atoms with E-state index in [1.54, 1.807) is 4.90 Å². The maximum absolute atomic E-state index is 12.1. The van der Waals surface area contributed by atoms with E-state index in [1.807, 2.05) is 13.8 Å². The van der Waals surface area contributed by atoms with E-state index in [0.29, 0.717) is 11.8 Å². The van der Waals surface area contributed by atoms with E-state index in [1.165, 1.54) is 13.1 Å². The van der Waals surface area contributed by atoms with Gasteiger partial charge in [0.2, 0.25) is 0 Å². The van der Waals surface area contributed by atoms with E-state index in [0.717, 1.165) is 6.42 Å². The van der Waals surface area contributed by atoms with E-state index in [2.05, 4.69) is 50.4 Å². The average Bonchev–Trinajstić information content (AvgIpc) is 2.14. The standard InChI is InChI=1S/C14H26INO2/c1-10-9-16(6)8-7-11(10)14(4,5)18-12(17)13(2,3)15/h10-11H,7-9H2,1-6H3/p+1. The Bertz CT molecular complexity index is 309. The Morgan fingerprint density at radius 2 is 1.89 bits per heavy atom. The Labute approximate surface area is 125 Å². The highest BCUT2D eigenvalue weighted by Gasteiger charge is 2.42. The molecule has 4 heteroatoms. The molecule has 3 nitrogen and oxygen atoms in total. The fourth-order valence-electron chi connectivity index (χ4n) is 2.95. The fraction of sp³-hybridized carbons (Fsp3) is 0.929. The molecule has 0 saturated carbocycles. The minimum Gasteiger partial charge on any atom is -0.458 e. The number of quaternary nitrogens is 1. The highest BCUT2D eigenvalue weighted by Crippen LogP contribution is 2.33. The number of halogens is 1. The number of piperidine rings is 1. The lowest BCUT2D eigenvalue weighted by atomic mass is 9.76. The van der Waals surface area contributed by atoms with Gasteiger partial charge in [0.25, 0.3) is 0 Å². The molecule has 0 aromatic carbocycles. The smallest absolute Gasteiger partial charge is 0.321 e. The summed E-state index contributed by atoms with van der Waals surface area (Å²) in [6, 6.07) is 0. The van der Waals surface area contributed by atoms with Gasteiger partial charge in [-0.2, -0.15) is 0 Å². The minimum atomic E-state index is -0.449. The van der Waals surface area contributed by atoms with E-state index >= 15 is 0 Å². The van der Waals surface area contributed by atoms with Crippen LogP contribution in [0.1, 0.15) is 41.0 Å². The lowest BCUT2D eigenvalue weighted by molar-refractivity contribution is -0.890. The first-order valence-electron chi connectivity index (χ1n) is 6.77. The zero-order chi connectivity index (χ0) is 14.1. The molecule has 0 radical (unpaired) electrons. The topological polar surface area (TPSA) is 30.7 Å². The second kappa shape index (κ2) is 5.65. The third kappa shape index (κ3) is 4.08. The van der Waals surface area contributed by atoms with Crippen LogP contribution >= 0.6 is 22.6 Å². The molecule has 1 aliphatic rings. The minimum absolute atomic E-state index is 0.105. The van der Waals surface area contributed by atoms with Crippen molar-refractivity contribution in [3.63, 3.8) is 0 Å². The number of alkyl halides is 1. The van der Waals surface area contributed by atoms with Crippen LogP contribution in [0.25, 0.3) is 0 Å². The molecule has 1 saturated heterocycles. The Hall–Kier alpha value is 0.160. The van der Waals surface area contributed by atoms with E-state index in [-0.39, 0.29) is 11.6 Å². The number of hydrogen-bond donors (Lipinski definition) is 1. The SMILES string of the molecule is CC1C[NH+](C)CCC1C(C)(C)OC(=O)C(C)(C)I. The van der Waals surface area contributed by atoms with E-state index < -0.39 is 3.42 Å².